The number of aryl methyl sites for hydroxylation is 1. The maximum atomic E-state index is 13.0. The molecular weight excluding hydrogens is 474 g/mol. The number of carbonyl (C=O) groups excluding carboxylic acids is 1. The van der Waals surface area contributed by atoms with E-state index in [1.165, 1.54) is 19.2 Å². The molecule has 180 valence electrons. The lowest BCUT2D eigenvalue weighted by atomic mass is 10.2. The number of unbranched alkanes of at least 4 members (excludes halogenated alkanes) is 3. The highest BCUT2D eigenvalue weighted by Crippen LogP contribution is 2.25. The van der Waals surface area contributed by atoms with E-state index >= 15 is 0 Å². The van der Waals surface area contributed by atoms with Crippen molar-refractivity contribution in [3.63, 3.8) is 0 Å². The Morgan fingerprint density at radius 1 is 1.12 bits per heavy atom. The van der Waals surface area contributed by atoms with Crippen molar-refractivity contribution in [1.29, 1.82) is 0 Å². The third kappa shape index (κ3) is 5.42. The van der Waals surface area contributed by atoms with Gasteiger partial charge < -0.3 is 10.3 Å². The molecule has 34 heavy (non-hydrogen) atoms. The predicted molar refractivity (Wildman–Crippen MR) is 137 cm³/mol. The second-order valence-electron chi connectivity index (χ2n) is 8.31. The number of amides is 1. The molecule has 1 aromatic carbocycles. The number of rotatable bonds is 11. The third-order valence-corrected chi connectivity index (χ3v) is 7.08. The van der Waals surface area contributed by atoms with Crippen LogP contribution >= 0.6 is 22.9 Å². The van der Waals surface area contributed by atoms with E-state index in [-0.39, 0.29) is 28.9 Å². The number of thiophene rings is 1. The zero-order valence-corrected chi connectivity index (χ0v) is 20.7. The number of hydrogen-bond donors (Lipinski definition) is 2. The number of carbonyl (C=O) groups is 1. The van der Waals surface area contributed by atoms with Crippen LogP contribution in [0.15, 0.2) is 39.9 Å². The monoisotopic (exact) mass is 501 g/mol. The van der Waals surface area contributed by atoms with Gasteiger partial charge in [0.1, 0.15) is 0 Å². The zero-order chi connectivity index (χ0) is 24.1. The van der Waals surface area contributed by atoms with Crippen LogP contribution in [0.2, 0.25) is 5.28 Å². The number of halogens is 1. The van der Waals surface area contributed by atoms with Crippen LogP contribution in [0.25, 0.3) is 21.3 Å². The van der Waals surface area contributed by atoms with Gasteiger partial charge >= 0.3 is 5.69 Å². The second kappa shape index (κ2) is 11.0. The number of nitrogens with one attached hydrogen (secondary N) is 2. The summed E-state index contributed by atoms with van der Waals surface area (Å²) in [6.45, 7) is 3.30. The Morgan fingerprint density at radius 3 is 2.68 bits per heavy atom. The van der Waals surface area contributed by atoms with Crippen molar-refractivity contribution in [2.75, 3.05) is 0 Å². The fraction of sp³-hybridized carbons (Fsp3) is 0.417. The number of aromatic amines is 1. The Bertz CT molecular complexity index is 1380. The highest BCUT2D eigenvalue weighted by Gasteiger charge is 2.16. The van der Waals surface area contributed by atoms with Crippen LogP contribution in [0, 0.1) is 0 Å². The summed E-state index contributed by atoms with van der Waals surface area (Å²) in [6, 6.07) is 10.2. The van der Waals surface area contributed by atoms with E-state index in [1.807, 2.05) is 12.1 Å². The molecule has 0 fully saturated rings. The van der Waals surface area contributed by atoms with E-state index in [2.05, 4.69) is 40.4 Å². The lowest BCUT2D eigenvalue weighted by molar-refractivity contribution is -0.121. The van der Waals surface area contributed by atoms with Crippen molar-refractivity contribution in [1.82, 2.24) is 24.4 Å². The third-order valence-electron chi connectivity index (χ3n) is 5.79. The lowest BCUT2D eigenvalue weighted by Gasteiger charge is -2.11. The Labute approximate surface area is 205 Å². The van der Waals surface area contributed by atoms with Gasteiger partial charge in [0, 0.05) is 29.1 Å². The number of benzene rings is 1. The molecular formula is C24H28ClN5O3S. The van der Waals surface area contributed by atoms with Gasteiger partial charge in [-0.25, -0.2) is 4.79 Å². The highest BCUT2D eigenvalue weighted by molar-refractivity contribution is 7.19. The molecule has 0 saturated carbocycles. The molecule has 0 aliphatic rings. The van der Waals surface area contributed by atoms with Gasteiger partial charge in [0.25, 0.3) is 5.56 Å². The summed E-state index contributed by atoms with van der Waals surface area (Å²) in [6.07, 6.45) is 4.25. The first-order chi connectivity index (χ1) is 16.5. The minimum Gasteiger partial charge on any atom is -0.351 e. The maximum Gasteiger partial charge on any atom is 0.332 e. The zero-order valence-electron chi connectivity index (χ0n) is 19.1. The van der Waals surface area contributed by atoms with Crippen molar-refractivity contribution >= 4 is 50.1 Å². The molecule has 10 heteroatoms. The molecule has 0 saturated heterocycles. The van der Waals surface area contributed by atoms with Gasteiger partial charge in [-0.15, -0.1) is 11.3 Å². The number of nitrogens with zero attached hydrogens (tertiary/aromatic N) is 3. The first kappa shape index (κ1) is 24.2. The van der Waals surface area contributed by atoms with Crippen molar-refractivity contribution in [3.05, 3.63) is 61.3 Å². The first-order valence-corrected chi connectivity index (χ1v) is 12.8. The van der Waals surface area contributed by atoms with Crippen LogP contribution in [0.4, 0.5) is 0 Å². The molecule has 2 N–H and O–H groups in total. The summed E-state index contributed by atoms with van der Waals surface area (Å²) in [5.74, 6) is -0.0439. The van der Waals surface area contributed by atoms with Gasteiger partial charge in [-0.05, 0) is 48.4 Å². The quantitative estimate of drug-likeness (QED) is 0.234. The van der Waals surface area contributed by atoms with Gasteiger partial charge in [0.15, 0.2) is 11.2 Å². The van der Waals surface area contributed by atoms with Crippen LogP contribution < -0.4 is 16.6 Å². The highest BCUT2D eigenvalue weighted by atomic mass is 35.5. The number of imidazole rings is 1. The van der Waals surface area contributed by atoms with E-state index in [1.54, 1.807) is 11.3 Å². The van der Waals surface area contributed by atoms with E-state index in [4.69, 9.17) is 11.6 Å². The van der Waals surface area contributed by atoms with E-state index in [0.29, 0.717) is 38.0 Å². The van der Waals surface area contributed by atoms with E-state index in [0.717, 1.165) is 24.1 Å². The molecule has 0 spiro atoms. The van der Waals surface area contributed by atoms with Crippen LogP contribution in [0.5, 0.6) is 0 Å². The normalized spacial score (nSPS) is 11.5. The number of aromatic nitrogens is 4. The molecule has 0 bridgehead atoms. The van der Waals surface area contributed by atoms with Crippen LogP contribution in [-0.4, -0.2) is 25.0 Å². The summed E-state index contributed by atoms with van der Waals surface area (Å²) < 4.78 is 3.94. The minimum absolute atomic E-state index is 0.0439. The molecule has 3 heterocycles. The van der Waals surface area contributed by atoms with Crippen LogP contribution in [-0.2, 0) is 24.4 Å². The Morgan fingerprint density at radius 2 is 1.88 bits per heavy atom. The van der Waals surface area contributed by atoms with Crippen molar-refractivity contribution in [3.8, 4) is 0 Å². The van der Waals surface area contributed by atoms with Gasteiger partial charge in [-0.1, -0.05) is 38.0 Å². The fourth-order valence-corrected chi connectivity index (χ4v) is 5.19. The molecule has 0 aliphatic heterocycles. The van der Waals surface area contributed by atoms with Crippen molar-refractivity contribution < 1.29 is 4.79 Å². The summed E-state index contributed by atoms with van der Waals surface area (Å²) in [5, 5.41) is 4.22. The first-order valence-electron chi connectivity index (χ1n) is 11.6. The van der Waals surface area contributed by atoms with Crippen molar-refractivity contribution in [2.24, 2.45) is 0 Å². The standard InChI is InChI=1S/C24H28ClN5O3S/c1-2-3-7-12-29-21-20(27-23(25)28-21)22(32)30(24(29)33)13-8-6-11-19(31)26-15-17-14-16-9-4-5-10-18(16)34-17/h4-5,9-10,14H,2-3,6-8,11-13,15H2,1H3,(H,26,31)(H,27,28). The predicted octanol–water partition coefficient (Wildman–Crippen LogP) is 4.43. The van der Waals surface area contributed by atoms with Gasteiger partial charge in [0.2, 0.25) is 11.2 Å². The maximum absolute atomic E-state index is 13.0. The molecule has 8 nitrogen and oxygen atoms in total. The van der Waals surface area contributed by atoms with Crippen LogP contribution in [0.1, 0.15) is 50.3 Å². The van der Waals surface area contributed by atoms with E-state index in [9.17, 15) is 14.4 Å². The number of hydrogen-bond acceptors (Lipinski definition) is 5. The summed E-state index contributed by atoms with van der Waals surface area (Å²) >= 11 is 7.65. The largest absolute Gasteiger partial charge is 0.351 e. The Hall–Kier alpha value is -2.91. The Kier molecular flexibility index (Phi) is 7.84. The number of H-pyrrole nitrogens is 1. The molecule has 0 atom stereocenters. The van der Waals surface area contributed by atoms with Gasteiger partial charge in [0.05, 0.1) is 6.54 Å². The topological polar surface area (TPSA) is 102 Å². The summed E-state index contributed by atoms with van der Waals surface area (Å²) in [7, 11) is 0. The molecule has 0 unspecified atom stereocenters. The molecule has 0 radical (unpaired) electrons. The second-order valence-corrected chi connectivity index (χ2v) is 9.84. The summed E-state index contributed by atoms with van der Waals surface area (Å²) in [5.41, 5.74) is -0.276. The Balaban J connectivity index is 1.35. The number of fused-ring (bicyclic) bond motifs is 2. The smallest absolute Gasteiger partial charge is 0.332 e. The minimum atomic E-state index is -0.430. The van der Waals surface area contributed by atoms with Gasteiger partial charge in [-0.2, -0.15) is 4.98 Å². The lowest BCUT2D eigenvalue weighted by Crippen LogP contribution is -2.40. The average molecular weight is 502 g/mol. The molecule has 0 aliphatic carbocycles. The average Bonchev–Trinajstić information content (AvgIpc) is 3.42. The summed E-state index contributed by atoms with van der Waals surface area (Å²) in [4.78, 5) is 46.2. The van der Waals surface area contributed by atoms with Gasteiger partial charge in [-0.3, -0.25) is 18.7 Å². The van der Waals surface area contributed by atoms with E-state index < -0.39 is 5.56 Å². The van der Waals surface area contributed by atoms with Crippen LogP contribution in [0.3, 0.4) is 0 Å². The molecule has 4 rings (SSSR count). The van der Waals surface area contributed by atoms with Crippen molar-refractivity contribution in [2.45, 2.75) is 65.1 Å². The SMILES string of the molecule is CCCCCn1c(=O)n(CCCCC(=O)NCc2cc3ccccc3s2)c(=O)c2[nH]c(Cl)nc21. The fourth-order valence-electron chi connectivity index (χ4n) is 4.01. The molecule has 4 aromatic rings. The molecule has 1 amide bonds. The molecule has 3 aromatic heterocycles.